The Bertz CT molecular complexity index is 1100. The SMILES string of the molecule is CO[C@@H]1[C@@H](O)[C@@H](CO)O[C@H]1n1cc(C(=O)NCc2ccc3c(c2)OCO3)c(=O)[nH]c1=O. The number of hydrogen-bond donors (Lipinski definition) is 4. The van der Waals surface area contributed by atoms with E-state index in [4.69, 9.17) is 18.9 Å². The van der Waals surface area contributed by atoms with Crippen LogP contribution in [0, 0.1) is 0 Å². The van der Waals surface area contributed by atoms with Gasteiger partial charge in [-0.05, 0) is 17.7 Å². The van der Waals surface area contributed by atoms with Crippen LogP contribution in [0.5, 0.6) is 11.5 Å². The molecule has 0 aliphatic carbocycles. The zero-order valence-electron chi connectivity index (χ0n) is 16.4. The molecule has 1 fully saturated rings. The van der Waals surface area contributed by atoms with E-state index in [0.29, 0.717) is 11.5 Å². The zero-order valence-corrected chi connectivity index (χ0v) is 16.4. The van der Waals surface area contributed by atoms with E-state index in [1.165, 1.54) is 7.11 Å². The topological polar surface area (TPSA) is 161 Å². The lowest BCUT2D eigenvalue weighted by molar-refractivity contribution is -0.0626. The van der Waals surface area contributed by atoms with Crippen LogP contribution >= 0.6 is 0 Å². The van der Waals surface area contributed by atoms with Crippen molar-refractivity contribution in [2.75, 3.05) is 20.5 Å². The molecular weight excluding hydrogens is 414 g/mol. The van der Waals surface area contributed by atoms with Crippen molar-refractivity contribution in [3.8, 4) is 11.5 Å². The molecule has 0 unspecified atom stereocenters. The van der Waals surface area contributed by atoms with Gasteiger partial charge in [-0.1, -0.05) is 6.07 Å². The number of ether oxygens (including phenoxy) is 4. The van der Waals surface area contributed by atoms with Gasteiger partial charge < -0.3 is 34.5 Å². The number of carbonyl (C=O) groups excluding carboxylic acids is 1. The van der Waals surface area contributed by atoms with Crippen molar-refractivity contribution in [3.05, 3.63) is 56.4 Å². The highest BCUT2D eigenvalue weighted by molar-refractivity contribution is 5.93. The number of hydrogen-bond acceptors (Lipinski definition) is 9. The third-order valence-corrected chi connectivity index (χ3v) is 5.14. The van der Waals surface area contributed by atoms with Gasteiger partial charge in [0, 0.05) is 19.9 Å². The first-order chi connectivity index (χ1) is 14.9. The average molecular weight is 435 g/mol. The van der Waals surface area contributed by atoms with Crippen LogP contribution in [0.3, 0.4) is 0 Å². The van der Waals surface area contributed by atoms with Gasteiger partial charge in [0.05, 0.1) is 6.61 Å². The molecule has 4 N–H and O–H groups in total. The average Bonchev–Trinajstić information content (AvgIpc) is 3.35. The maximum atomic E-state index is 12.6. The van der Waals surface area contributed by atoms with Crippen LogP contribution in [0.1, 0.15) is 22.1 Å². The monoisotopic (exact) mass is 435 g/mol. The zero-order chi connectivity index (χ0) is 22.1. The number of methoxy groups -OCH3 is 1. The van der Waals surface area contributed by atoms with Gasteiger partial charge in [0.2, 0.25) is 6.79 Å². The Labute approximate surface area is 174 Å². The van der Waals surface area contributed by atoms with Crippen molar-refractivity contribution in [2.45, 2.75) is 31.1 Å². The second kappa shape index (κ2) is 8.51. The van der Waals surface area contributed by atoms with Gasteiger partial charge in [-0.25, -0.2) is 4.79 Å². The van der Waals surface area contributed by atoms with E-state index in [1.54, 1.807) is 18.2 Å². The Morgan fingerprint density at radius 1 is 1.32 bits per heavy atom. The van der Waals surface area contributed by atoms with E-state index in [2.05, 4.69) is 10.3 Å². The summed E-state index contributed by atoms with van der Waals surface area (Å²) in [5.74, 6) is 0.434. The number of benzene rings is 1. The number of fused-ring (bicyclic) bond motifs is 1. The predicted octanol–water partition coefficient (Wildman–Crippen LogP) is -1.54. The van der Waals surface area contributed by atoms with Gasteiger partial charge in [0.1, 0.15) is 23.9 Å². The Morgan fingerprint density at radius 2 is 2.10 bits per heavy atom. The summed E-state index contributed by atoms with van der Waals surface area (Å²) in [6.45, 7) is -0.280. The van der Waals surface area contributed by atoms with Crippen molar-refractivity contribution >= 4 is 5.91 Å². The molecule has 3 heterocycles. The van der Waals surface area contributed by atoms with Gasteiger partial charge in [-0.2, -0.15) is 0 Å². The third kappa shape index (κ3) is 3.93. The molecule has 12 heteroatoms. The molecule has 12 nitrogen and oxygen atoms in total. The smallest absolute Gasteiger partial charge is 0.330 e. The number of nitrogens with one attached hydrogen (secondary N) is 2. The first kappa shape index (κ1) is 21.1. The molecule has 1 aromatic heterocycles. The van der Waals surface area contributed by atoms with Gasteiger partial charge in [-0.15, -0.1) is 0 Å². The van der Waals surface area contributed by atoms with Crippen molar-refractivity contribution in [2.24, 2.45) is 0 Å². The van der Waals surface area contributed by atoms with E-state index in [-0.39, 0.29) is 18.9 Å². The molecule has 166 valence electrons. The molecule has 4 atom stereocenters. The van der Waals surface area contributed by atoms with Gasteiger partial charge in [-0.3, -0.25) is 19.1 Å². The molecule has 0 bridgehead atoms. The number of nitrogens with zero attached hydrogens (tertiary/aromatic N) is 1. The van der Waals surface area contributed by atoms with Crippen molar-refractivity contribution in [3.63, 3.8) is 0 Å². The summed E-state index contributed by atoms with van der Waals surface area (Å²) in [5.41, 5.74) is -1.35. The van der Waals surface area contributed by atoms with Crippen molar-refractivity contribution in [1.82, 2.24) is 14.9 Å². The largest absolute Gasteiger partial charge is 0.454 e. The predicted molar refractivity (Wildman–Crippen MR) is 103 cm³/mol. The van der Waals surface area contributed by atoms with Crippen LogP contribution in [-0.2, 0) is 16.0 Å². The van der Waals surface area contributed by atoms with Crippen molar-refractivity contribution < 1.29 is 34.0 Å². The summed E-state index contributed by atoms with van der Waals surface area (Å²) in [7, 11) is 1.31. The van der Waals surface area contributed by atoms with Crippen molar-refractivity contribution in [1.29, 1.82) is 0 Å². The summed E-state index contributed by atoms with van der Waals surface area (Å²) < 4.78 is 22.2. The Morgan fingerprint density at radius 3 is 2.84 bits per heavy atom. The van der Waals surface area contributed by atoms with Gasteiger partial charge >= 0.3 is 5.69 Å². The molecule has 1 saturated heterocycles. The molecule has 31 heavy (non-hydrogen) atoms. The number of aromatic nitrogens is 2. The maximum Gasteiger partial charge on any atom is 0.330 e. The molecule has 2 aromatic rings. The number of aliphatic hydroxyl groups excluding tert-OH is 2. The maximum absolute atomic E-state index is 12.6. The lowest BCUT2D eigenvalue weighted by Crippen LogP contribution is -2.41. The molecule has 2 aliphatic heterocycles. The molecule has 1 aromatic carbocycles. The summed E-state index contributed by atoms with van der Waals surface area (Å²) in [4.78, 5) is 39.2. The molecule has 4 rings (SSSR count). The van der Waals surface area contributed by atoms with Gasteiger partial charge in [0.25, 0.3) is 11.5 Å². The first-order valence-electron chi connectivity index (χ1n) is 9.42. The number of aliphatic hydroxyl groups is 2. The summed E-state index contributed by atoms with van der Waals surface area (Å²) in [6.07, 6.45) is -3.30. The molecule has 2 aliphatic rings. The molecular formula is C19H21N3O9. The fraction of sp³-hybridized carbons (Fsp3) is 0.421. The van der Waals surface area contributed by atoms with E-state index in [1.807, 2.05) is 0 Å². The summed E-state index contributed by atoms with van der Waals surface area (Å²) >= 11 is 0. The highest BCUT2D eigenvalue weighted by Crippen LogP contribution is 2.32. The van der Waals surface area contributed by atoms with Crippen LogP contribution < -0.4 is 26.0 Å². The van der Waals surface area contributed by atoms with Crippen LogP contribution in [0.15, 0.2) is 34.0 Å². The highest BCUT2D eigenvalue weighted by Gasteiger charge is 2.45. The Kier molecular flexibility index (Phi) is 5.78. The van der Waals surface area contributed by atoms with Crippen LogP contribution in [0.2, 0.25) is 0 Å². The molecule has 0 spiro atoms. The third-order valence-electron chi connectivity index (χ3n) is 5.14. The summed E-state index contributed by atoms with van der Waals surface area (Å²) in [6, 6.07) is 5.16. The van der Waals surface area contributed by atoms with Crippen LogP contribution in [0.25, 0.3) is 0 Å². The number of amides is 1. The lowest BCUT2D eigenvalue weighted by atomic mass is 10.1. The van der Waals surface area contributed by atoms with E-state index < -0.39 is 48.3 Å². The minimum absolute atomic E-state index is 0.0972. The Balaban J connectivity index is 1.55. The van der Waals surface area contributed by atoms with Gasteiger partial charge in [0.15, 0.2) is 17.7 Å². The first-order valence-corrected chi connectivity index (χ1v) is 9.42. The number of carbonyl (C=O) groups is 1. The fourth-order valence-corrected chi connectivity index (χ4v) is 3.51. The second-order valence-electron chi connectivity index (χ2n) is 7.02. The van der Waals surface area contributed by atoms with E-state index in [9.17, 15) is 24.6 Å². The van der Waals surface area contributed by atoms with E-state index >= 15 is 0 Å². The molecule has 1 amide bonds. The quantitative estimate of drug-likeness (QED) is 0.421. The Hall–Kier alpha value is -3.19. The number of aromatic amines is 1. The number of rotatable bonds is 6. The fourth-order valence-electron chi connectivity index (χ4n) is 3.51. The highest BCUT2D eigenvalue weighted by atomic mass is 16.7. The minimum Gasteiger partial charge on any atom is -0.454 e. The minimum atomic E-state index is -1.21. The number of H-pyrrole nitrogens is 1. The lowest BCUT2D eigenvalue weighted by Gasteiger charge is -2.20. The molecule has 0 radical (unpaired) electrons. The van der Waals surface area contributed by atoms with Crippen LogP contribution in [-0.4, -0.2) is 64.5 Å². The second-order valence-corrected chi connectivity index (χ2v) is 7.02. The molecule has 0 saturated carbocycles. The van der Waals surface area contributed by atoms with E-state index in [0.717, 1.165) is 16.3 Å². The standard InChI is InChI=1S/C19H21N3O9/c1-28-15-14(24)13(7-23)31-18(15)22-6-10(17(26)21-19(22)27)16(25)20-5-9-2-3-11-12(4-9)30-8-29-11/h2-4,6,13-15,18,23-24H,5,7-8H2,1H3,(H,20,25)(H,21,26,27)/t13-,14+,15-,18-/m1/s1. The summed E-state index contributed by atoms with van der Waals surface area (Å²) in [5, 5.41) is 22.1. The van der Waals surface area contributed by atoms with Crippen LogP contribution in [0.4, 0.5) is 0 Å². The normalized spacial score (nSPS) is 24.4.